The zero-order valence-corrected chi connectivity index (χ0v) is 13.3. The minimum atomic E-state index is -0.468. The molecule has 0 unspecified atom stereocenters. The van der Waals surface area contributed by atoms with Crippen LogP contribution in [-0.4, -0.2) is 28.9 Å². The number of nitrogens with one attached hydrogen (secondary N) is 1. The number of allylic oxidation sites excluding steroid dienone is 1. The number of nitrogens with zero attached hydrogens (tertiary/aromatic N) is 4. The second kappa shape index (κ2) is 6.52. The number of benzene rings is 2. The van der Waals surface area contributed by atoms with Crippen LogP contribution in [0.5, 0.6) is 0 Å². The number of carbonyl (C=O) groups excluding carboxylic acids is 1. The molecule has 2 aliphatic heterocycles. The van der Waals surface area contributed by atoms with Gasteiger partial charge in [0.1, 0.15) is 0 Å². The van der Waals surface area contributed by atoms with E-state index in [9.17, 15) is 4.79 Å². The first-order valence-electron chi connectivity index (χ1n) is 7.89. The molecule has 0 atom stereocenters. The molecule has 2 aromatic carbocycles. The third-order valence-electron chi connectivity index (χ3n) is 3.84. The number of rotatable bonds is 1. The Morgan fingerprint density at radius 2 is 1.88 bits per heavy atom. The number of fused-ring (bicyclic) bond motifs is 2. The molecule has 6 heteroatoms. The van der Waals surface area contributed by atoms with E-state index in [1.54, 1.807) is 6.21 Å². The molecule has 6 nitrogen and oxygen atoms in total. The van der Waals surface area contributed by atoms with Crippen LogP contribution in [0.2, 0.25) is 0 Å². The van der Waals surface area contributed by atoms with Crippen LogP contribution in [0.25, 0.3) is 0 Å². The fraction of sp³-hybridized carbons (Fsp3) is 0.0526. The van der Waals surface area contributed by atoms with Crippen molar-refractivity contribution < 1.29 is 4.79 Å². The average Bonchev–Trinajstić information content (AvgIpc) is 2.79. The van der Waals surface area contributed by atoms with Gasteiger partial charge in [-0.25, -0.2) is 9.79 Å². The lowest BCUT2D eigenvalue weighted by Crippen LogP contribution is -2.25. The van der Waals surface area contributed by atoms with E-state index in [4.69, 9.17) is 0 Å². The van der Waals surface area contributed by atoms with Crippen molar-refractivity contribution in [3.8, 4) is 0 Å². The van der Waals surface area contributed by atoms with Crippen molar-refractivity contribution in [2.24, 2.45) is 15.0 Å². The maximum absolute atomic E-state index is 12.3. The molecule has 0 fully saturated rings. The first-order valence-corrected chi connectivity index (χ1v) is 7.89. The van der Waals surface area contributed by atoms with Crippen LogP contribution >= 0.6 is 0 Å². The normalized spacial score (nSPS) is 16.7. The van der Waals surface area contributed by atoms with Crippen molar-refractivity contribution in [1.29, 1.82) is 0 Å². The molecule has 1 N–H and O–H groups in total. The summed E-state index contributed by atoms with van der Waals surface area (Å²) in [5.41, 5.74) is 2.55. The van der Waals surface area contributed by atoms with Gasteiger partial charge in [-0.15, -0.1) is 0 Å². The number of carbonyl (C=O) groups is 1. The molecular weight excluding hydrogens is 314 g/mol. The SMILES string of the molecule is O=C(N=C1N=C2N=CC=CN2Cc2ccccc21)Nc1ccccc1. The van der Waals surface area contributed by atoms with Gasteiger partial charge in [-0.05, 0) is 23.8 Å². The van der Waals surface area contributed by atoms with Crippen LogP contribution in [0.3, 0.4) is 0 Å². The van der Waals surface area contributed by atoms with Gasteiger partial charge in [0.15, 0.2) is 5.84 Å². The third-order valence-corrected chi connectivity index (χ3v) is 3.84. The molecule has 2 amide bonds. The molecule has 0 bridgehead atoms. The molecular formula is C19H15N5O. The number of urea groups is 1. The molecule has 2 aliphatic rings. The van der Waals surface area contributed by atoms with Crippen LogP contribution in [-0.2, 0) is 6.54 Å². The van der Waals surface area contributed by atoms with Gasteiger partial charge in [-0.2, -0.15) is 9.98 Å². The maximum Gasteiger partial charge on any atom is 0.347 e. The lowest BCUT2D eigenvalue weighted by Gasteiger charge is -2.19. The van der Waals surface area contributed by atoms with Crippen molar-refractivity contribution in [1.82, 2.24) is 4.90 Å². The molecule has 0 aliphatic carbocycles. The number of amidine groups is 1. The number of hydrogen-bond donors (Lipinski definition) is 1. The van der Waals surface area contributed by atoms with Crippen LogP contribution in [0.15, 0.2) is 81.9 Å². The summed E-state index contributed by atoms with van der Waals surface area (Å²) in [5, 5.41) is 2.75. The van der Waals surface area contributed by atoms with E-state index in [1.807, 2.05) is 71.8 Å². The quantitative estimate of drug-likeness (QED) is 0.871. The molecule has 4 rings (SSSR count). The Balaban J connectivity index is 1.72. The molecule has 122 valence electrons. The van der Waals surface area contributed by atoms with Crippen molar-refractivity contribution >= 4 is 29.7 Å². The van der Waals surface area contributed by atoms with Crippen molar-refractivity contribution in [2.75, 3.05) is 5.32 Å². The second-order valence-electron chi connectivity index (χ2n) is 5.55. The highest BCUT2D eigenvalue weighted by Crippen LogP contribution is 2.20. The number of para-hydroxylation sites is 1. The Labute approximate surface area is 144 Å². The van der Waals surface area contributed by atoms with E-state index in [2.05, 4.69) is 20.3 Å². The minimum absolute atomic E-state index is 0.356. The molecule has 0 aromatic heterocycles. The highest BCUT2D eigenvalue weighted by Gasteiger charge is 2.21. The summed E-state index contributed by atoms with van der Waals surface area (Å²) >= 11 is 0. The lowest BCUT2D eigenvalue weighted by molar-refractivity contribution is 0.259. The Kier molecular flexibility index (Phi) is 3.92. The number of aliphatic imine (C=N–C) groups is 3. The average molecular weight is 329 g/mol. The van der Waals surface area contributed by atoms with Gasteiger partial charge in [-0.1, -0.05) is 42.5 Å². The lowest BCUT2D eigenvalue weighted by atomic mass is 10.1. The number of amides is 2. The van der Waals surface area contributed by atoms with Crippen LogP contribution < -0.4 is 5.32 Å². The van der Waals surface area contributed by atoms with Gasteiger partial charge < -0.3 is 10.2 Å². The van der Waals surface area contributed by atoms with Gasteiger partial charge in [0.2, 0.25) is 5.96 Å². The molecule has 0 spiro atoms. The summed E-state index contributed by atoms with van der Waals surface area (Å²) in [6, 6.07) is 16.5. The number of hydrogen-bond acceptors (Lipinski definition) is 3. The maximum atomic E-state index is 12.3. The molecule has 2 aromatic rings. The van der Waals surface area contributed by atoms with Crippen LogP contribution in [0.1, 0.15) is 11.1 Å². The second-order valence-corrected chi connectivity index (χ2v) is 5.55. The highest BCUT2D eigenvalue weighted by atomic mass is 16.2. The number of guanidine groups is 1. The first-order chi connectivity index (χ1) is 12.3. The van der Waals surface area contributed by atoms with Crippen LogP contribution in [0.4, 0.5) is 10.5 Å². The predicted molar refractivity (Wildman–Crippen MR) is 99.0 cm³/mol. The molecule has 0 saturated carbocycles. The van der Waals surface area contributed by atoms with Gasteiger partial charge in [0, 0.05) is 23.7 Å². The van der Waals surface area contributed by atoms with E-state index in [0.717, 1.165) is 11.1 Å². The molecule has 0 radical (unpaired) electrons. The van der Waals surface area contributed by atoms with Gasteiger partial charge in [0.05, 0.1) is 6.54 Å². The summed E-state index contributed by atoms with van der Waals surface area (Å²) in [4.78, 5) is 27.2. The van der Waals surface area contributed by atoms with E-state index >= 15 is 0 Å². The zero-order chi connectivity index (χ0) is 17.1. The smallest absolute Gasteiger partial charge is 0.313 e. The first kappa shape index (κ1) is 15.0. The van der Waals surface area contributed by atoms with Crippen LogP contribution in [0, 0.1) is 0 Å². The van der Waals surface area contributed by atoms with E-state index < -0.39 is 6.03 Å². The molecule has 0 saturated heterocycles. The van der Waals surface area contributed by atoms with Crippen molar-refractivity contribution in [2.45, 2.75) is 6.54 Å². The van der Waals surface area contributed by atoms with E-state index in [0.29, 0.717) is 24.0 Å². The summed E-state index contributed by atoms with van der Waals surface area (Å²) < 4.78 is 0. The summed E-state index contributed by atoms with van der Waals surface area (Å²) in [7, 11) is 0. The largest absolute Gasteiger partial charge is 0.347 e. The topological polar surface area (TPSA) is 69.4 Å². The standard InChI is InChI=1S/C19H15N5O/c25-19(21-15-8-2-1-3-9-15)23-17-16-10-5-4-7-14(16)13-24-12-6-11-20-18(24)22-17/h1-12H,13H2,(H,21,25). The summed E-state index contributed by atoms with van der Waals surface area (Å²) in [5.74, 6) is 0.874. The Bertz CT molecular complexity index is 928. The number of anilines is 1. The molecule has 2 heterocycles. The van der Waals surface area contributed by atoms with Crippen molar-refractivity contribution in [3.63, 3.8) is 0 Å². The minimum Gasteiger partial charge on any atom is -0.313 e. The molecule has 25 heavy (non-hydrogen) atoms. The fourth-order valence-corrected chi connectivity index (χ4v) is 2.68. The summed E-state index contributed by atoms with van der Waals surface area (Å²) in [6.45, 7) is 0.627. The van der Waals surface area contributed by atoms with Gasteiger partial charge in [0.25, 0.3) is 0 Å². The Hall–Kier alpha value is -3.54. The van der Waals surface area contributed by atoms with E-state index in [1.165, 1.54) is 0 Å². The Morgan fingerprint density at radius 1 is 1.08 bits per heavy atom. The Morgan fingerprint density at radius 3 is 2.76 bits per heavy atom. The van der Waals surface area contributed by atoms with Gasteiger partial charge >= 0.3 is 6.03 Å². The van der Waals surface area contributed by atoms with E-state index in [-0.39, 0.29) is 0 Å². The monoisotopic (exact) mass is 329 g/mol. The van der Waals surface area contributed by atoms with Gasteiger partial charge in [-0.3, -0.25) is 0 Å². The predicted octanol–water partition coefficient (Wildman–Crippen LogP) is 3.44. The zero-order valence-electron chi connectivity index (χ0n) is 13.3. The fourth-order valence-electron chi connectivity index (χ4n) is 2.68. The highest BCUT2D eigenvalue weighted by molar-refractivity contribution is 6.14. The van der Waals surface area contributed by atoms with Crippen molar-refractivity contribution in [3.05, 3.63) is 78.0 Å². The third kappa shape index (κ3) is 3.23. The summed E-state index contributed by atoms with van der Waals surface area (Å²) in [6.07, 6.45) is 5.44.